The van der Waals surface area contributed by atoms with Gasteiger partial charge in [0.1, 0.15) is 0 Å². The van der Waals surface area contributed by atoms with E-state index in [4.69, 9.17) is 0 Å². The molecule has 0 radical (unpaired) electrons. The lowest BCUT2D eigenvalue weighted by atomic mass is 9.88. The van der Waals surface area contributed by atoms with Gasteiger partial charge in [-0.15, -0.1) is 11.3 Å². The van der Waals surface area contributed by atoms with E-state index in [9.17, 15) is 0 Å². The fourth-order valence-electron chi connectivity index (χ4n) is 1.59. The van der Waals surface area contributed by atoms with Crippen molar-refractivity contribution in [1.82, 2.24) is 10.3 Å². The number of nitrogens with one attached hydrogen (secondary N) is 1. The average molecular weight is 248 g/mol. The average Bonchev–Trinajstić information content (AvgIpc) is 2.71. The van der Waals surface area contributed by atoms with Crippen LogP contribution in [-0.4, -0.2) is 11.0 Å². The van der Waals surface area contributed by atoms with Gasteiger partial charge in [-0.3, -0.25) is 0 Å². The minimum Gasteiger partial charge on any atom is -0.310 e. The monoisotopic (exact) mass is 248 g/mol. The van der Waals surface area contributed by atoms with E-state index >= 15 is 0 Å². The Kier molecular flexibility index (Phi) is 3.50. The number of fused-ring (bicyclic) bond motifs is 1. The molecular weight excluding hydrogens is 228 g/mol. The van der Waals surface area contributed by atoms with Crippen LogP contribution in [0.2, 0.25) is 0 Å². The minimum atomic E-state index is 0.296. The molecular formula is C14H20N2S. The van der Waals surface area contributed by atoms with Gasteiger partial charge in [-0.25, -0.2) is 4.98 Å². The molecule has 3 heteroatoms. The van der Waals surface area contributed by atoms with Gasteiger partial charge in [-0.1, -0.05) is 26.8 Å². The topological polar surface area (TPSA) is 24.9 Å². The lowest BCUT2D eigenvalue weighted by Crippen LogP contribution is -2.37. The summed E-state index contributed by atoms with van der Waals surface area (Å²) >= 11 is 1.69. The first-order chi connectivity index (χ1) is 7.97. The fourth-order valence-corrected chi connectivity index (χ4v) is 2.25. The van der Waals surface area contributed by atoms with Gasteiger partial charge in [0.05, 0.1) is 15.7 Å². The van der Waals surface area contributed by atoms with Crippen molar-refractivity contribution in [2.75, 3.05) is 0 Å². The van der Waals surface area contributed by atoms with Gasteiger partial charge in [0.2, 0.25) is 0 Å². The quantitative estimate of drug-likeness (QED) is 0.893. The lowest BCUT2D eigenvalue weighted by Gasteiger charge is -2.28. The summed E-state index contributed by atoms with van der Waals surface area (Å²) in [6.07, 6.45) is 0. The molecule has 1 aromatic carbocycles. The molecule has 0 unspecified atom stereocenters. The second-order valence-corrected chi connectivity index (χ2v) is 6.51. The smallest absolute Gasteiger partial charge is 0.0815 e. The molecule has 2 aromatic rings. The molecule has 2 nitrogen and oxygen atoms in total. The predicted octanol–water partition coefficient (Wildman–Crippen LogP) is 3.82. The molecule has 0 aliphatic heterocycles. The van der Waals surface area contributed by atoms with Crippen molar-refractivity contribution in [2.45, 2.75) is 40.3 Å². The maximum Gasteiger partial charge on any atom is 0.0815 e. The molecule has 0 aliphatic carbocycles. The number of rotatable bonds is 3. The first kappa shape index (κ1) is 12.5. The normalized spacial score (nSPS) is 14.1. The molecule has 1 aromatic heterocycles. The summed E-state index contributed by atoms with van der Waals surface area (Å²) in [5, 5.41) is 3.57. The first-order valence-electron chi connectivity index (χ1n) is 6.02. The highest BCUT2D eigenvalue weighted by atomic mass is 32.1. The number of hydrogen-bond donors (Lipinski definition) is 1. The molecule has 0 bridgehead atoms. The van der Waals surface area contributed by atoms with Gasteiger partial charge in [0, 0.05) is 12.6 Å². The van der Waals surface area contributed by atoms with Gasteiger partial charge < -0.3 is 5.32 Å². The van der Waals surface area contributed by atoms with Crippen LogP contribution in [0, 0.1) is 5.41 Å². The van der Waals surface area contributed by atoms with Crippen LogP contribution < -0.4 is 5.32 Å². The highest BCUT2D eigenvalue weighted by Crippen LogP contribution is 2.21. The zero-order chi connectivity index (χ0) is 12.5. The molecule has 1 N–H and O–H groups in total. The van der Waals surface area contributed by atoms with Crippen LogP contribution in [0.1, 0.15) is 33.3 Å². The number of benzene rings is 1. The molecule has 0 saturated heterocycles. The van der Waals surface area contributed by atoms with Crippen molar-refractivity contribution in [2.24, 2.45) is 5.41 Å². The minimum absolute atomic E-state index is 0.296. The Bertz CT molecular complexity index is 496. The van der Waals surface area contributed by atoms with Crippen molar-refractivity contribution >= 4 is 21.6 Å². The van der Waals surface area contributed by atoms with E-state index in [2.05, 4.69) is 56.2 Å². The summed E-state index contributed by atoms with van der Waals surface area (Å²) in [5.41, 5.74) is 4.61. The molecule has 17 heavy (non-hydrogen) atoms. The molecule has 0 aliphatic rings. The molecule has 2 rings (SSSR count). The van der Waals surface area contributed by atoms with Gasteiger partial charge in [0.15, 0.2) is 0 Å². The number of nitrogens with zero attached hydrogens (tertiary/aromatic N) is 1. The predicted molar refractivity (Wildman–Crippen MR) is 75.4 cm³/mol. The van der Waals surface area contributed by atoms with Crippen molar-refractivity contribution in [1.29, 1.82) is 0 Å². The summed E-state index contributed by atoms with van der Waals surface area (Å²) in [7, 11) is 0. The second-order valence-electron chi connectivity index (χ2n) is 5.62. The van der Waals surface area contributed by atoms with Crippen LogP contribution >= 0.6 is 11.3 Å². The molecule has 0 saturated carbocycles. The third-order valence-electron chi connectivity index (χ3n) is 3.31. The largest absolute Gasteiger partial charge is 0.310 e. The molecule has 92 valence electrons. The Morgan fingerprint density at radius 1 is 1.35 bits per heavy atom. The lowest BCUT2D eigenvalue weighted by molar-refractivity contribution is 0.285. The van der Waals surface area contributed by atoms with Crippen LogP contribution in [0.4, 0.5) is 0 Å². The summed E-state index contributed by atoms with van der Waals surface area (Å²) in [6.45, 7) is 9.92. The van der Waals surface area contributed by atoms with Crippen molar-refractivity contribution < 1.29 is 0 Å². The van der Waals surface area contributed by atoms with E-state index in [0.29, 0.717) is 11.5 Å². The van der Waals surface area contributed by atoms with E-state index in [1.165, 1.54) is 10.3 Å². The number of hydrogen-bond acceptors (Lipinski definition) is 3. The van der Waals surface area contributed by atoms with Crippen LogP contribution in [0.3, 0.4) is 0 Å². The Hall–Kier alpha value is -0.930. The SMILES string of the molecule is C[C@@H](NCc1ccc2scnc2c1)C(C)(C)C. The van der Waals surface area contributed by atoms with E-state index < -0.39 is 0 Å². The van der Waals surface area contributed by atoms with Gasteiger partial charge in [0.25, 0.3) is 0 Å². The van der Waals surface area contributed by atoms with Gasteiger partial charge in [-0.2, -0.15) is 0 Å². The summed E-state index contributed by atoms with van der Waals surface area (Å²) < 4.78 is 1.26. The molecule has 0 amide bonds. The molecule has 0 spiro atoms. The summed E-state index contributed by atoms with van der Waals surface area (Å²) in [6, 6.07) is 7.01. The third kappa shape index (κ3) is 3.05. The van der Waals surface area contributed by atoms with Crippen LogP contribution in [0.15, 0.2) is 23.7 Å². The highest BCUT2D eigenvalue weighted by molar-refractivity contribution is 7.16. The van der Waals surface area contributed by atoms with Crippen LogP contribution in [0.5, 0.6) is 0 Å². The second kappa shape index (κ2) is 4.75. The van der Waals surface area contributed by atoms with Crippen LogP contribution in [0.25, 0.3) is 10.2 Å². The first-order valence-corrected chi connectivity index (χ1v) is 6.90. The Labute approximate surface area is 107 Å². The standard InChI is InChI=1S/C14H20N2S/c1-10(14(2,3)4)15-8-11-5-6-13-12(7-11)16-9-17-13/h5-7,9-10,15H,8H2,1-4H3/t10-/m1/s1. The van der Waals surface area contributed by atoms with Crippen LogP contribution in [-0.2, 0) is 6.54 Å². The highest BCUT2D eigenvalue weighted by Gasteiger charge is 2.18. The Morgan fingerprint density at radius 2 is 2.12 bits per heavy atom. The molecule has 0 fully saturated rings. The number of aromatic nitrogens is 1. The summed E-state index contributed by atoms with van der Waals surface area (Å²) in [4.78, 5) is 4.35. The van der Waals surface area contributed by atoms with Crippen molar-refractivity contribution in [3.8, 4) is 0 Å². The van der Waals surface area contributed by atoms with E-state index in [-0.39, 0.29) is 0 Å². The maximum atomic E-state index is 4.35. The Morgan fingerprint density at radius 3 is 2.82 bits per heavy atom. The molecule has 1 heterocycles. The van der Waals surface area contributed by atoms with E-state index in [0.717, 1.165) is 12.1 Å². The number of thiazole rings is 1. The zero-order valence-corrected chi connectivity index (χ0v) is 11.8. The Balaban J connectivity index is 2.03. The van der Waals surface area contributed by atoms with E-state index in [1.54, 1.807) is 11.3 Å². The van der Waals surface area contributed by atoms with E-state index in [1.807, 2.05) is 5.51 Å². The third-order valence-corrected chi connectivity index (χ3v) is 4.12. The summed E-state index contributed by atoms with van der Waals surface area (Å²) in [5.74, 6) is 0. The van der Waals surface area contributed by atoms with Gasteiger partial charge in [-0.05, 0) is 30.0 Å². The van der Waals surface area contributed by atoms with Crippen molar-refractivity contribution in [3.05, 3.63) is 29.3 Å². The van der Waals surface area contributed by atoms with Crippen molar-refractivity contribution in [3.63, 3.8) is 0 Å². The fraction of sp³-hybridized carbons (Fsp3) is 0.500. The van der Waals surface area contributed by atoms with Gasteiger partial charge >= 0.3 is 0 Å². The molecule has 1 atom stereocenters. The maximum absolute atomic E-state index is 4.35. The zero-order valence-electron chi connectivity index (χ0n) is 10.9.